The summed E-state index contributed by atoms with van der Waals surface area (Å²) < 4.78 is 0. The normalized spacial score (nSPS) is 22.8. The van der Waals surface area contributed by atoms with Crippen LogP contribution in [-0.4, -0.2) is 6.04 Å². The van der Waals surface area contributed by atoms with Gasteiger partial charge in [0.2, 0.25) is 0 Å². The van der Waals surface area contributed by atoms with Crippen LogP contribution in [0, 0.1) is 12.3 Å². The highest BCUT2D eigenvalue weighted by molar-refractivity contribution is 6.31. The first-order chi connectivity index (χ1) is 6.99. The van der Waals surface area contributed by atoms with E-state index in [9.17, 15) is 0 Å². The fourth-order valence-corrected chi connectivity index (χ4v) is 2.15. The van der Waals surface area contributed by atoms with E-state index in [1.165, 1.54) is 17.5 Å². The van der Waals surface area contributed by atoms with Crippen molar-refractivity contribution in [1.82, 2.24) is 5.32 Å². The van der Waals surface area contributed by atoms with E-state index < -0.39 is 0 Å². The number of hydrogen-bond donors (Lipinski definition) is 1. The van der Waals surface area contributed by atoms with Crippen LogP contribution >= 0.6 is 11.6 Å². The lowest BCUT2D eigenvalue weighted by atomic mass is 10.1. The van der Waals surface area contributed by atoms with Gasteiger partial charge in [-0.2, -0.15) is 0 Å². The summed E-state index contributed by atoms with van der Waals surface area (Å²) in [6.07, 6.45) is 1.27. The number of benzene rings is 1. The zero-order valence-corrected chi connectivity index (χ0v) is 10.4. The average Bonchev–Trinajstić information content (AvgIpc) is 2.73. The van der Waals surface area contributed by atoms with Crippen LogP contribution in [0.25, 0.3) is 0 Å². The summed E-state index contributed by atoms with van der Waals surface area (Å²) >= 11 is 6.16. The summed E-state index contributed by atoms with van der Waals surface area (Å²) in [5, 5.41) is 4.41. The first-order valence-electron chi connectivity index (χ1n) is 5.47. The minimum atomic E-state index is 0.483. The number of aryl methyl sites for hydroxylation is 1. The molecular weight excluding hydrogens is 206 g/mol. The quantitative estimate of drug-likeness (QED) is 0.827. The van der Waals surface area contributed by atoms with Crippen LogP contribution in [0.5, 0.6) is 0 Å². The van der Waals surface area contributed by atoms with Gasteiger partial charge in [-0.3, -0.25) is 0 Å². The lowest BCUT2D eigenvalue weighted by Crippen LogP contribution is -2.20. The smallest absolute Gasteiger partial charge is 0.0453 e. The van der Waals surface area contributed by atoms with Crippen LogP contribution in [0.15, 0.2) is 18.2 Å². The van der Waals surface area contributed by atoms with Crippen LogP contribution in [0.4, 0.5) is 0 Å². The second kappa shape index (κ2) is 3.80. The summed E-state index contributed by atoms with van der Waals surface area (Å²) in [6.45, 7) is 7.53. The molecule has 1 atom stereocenters. The van der Waals surface area contributed by atoms with Gasteiger partial charge in [-0.1, -0.05) is 37.6 Å². The monoisotopic (exact) mass is 223 g/mol. The lowest BCUT2D eigenvalue weighted by Gasteiger charge is -2.08. The van der Waals surface area contributed by atoms with E-state index in [1.807, 2.05) is 6.07 Å². The molecule has 0 spiro atoms. The largest absolute Gasteiger partial charge is 0.309 e. The van der Waals surface area contributed by atoms with Crippen LogP contribution < -0.4 is 5.32 Å². The predicted molar refractivity (Wildman–Crippen MR) is 65.2 cm³/mol. The highest BCUT2D eigenvalue weighted by Crippen LogP contribution is 2.44. The summed E-state index contributed by atoms with van der Waals surface area (Å²) in [4.78, 5) is 0. The van der Waals surface area contributed by atoms with Gasteiger partial charge in [0.05, 0.1) is 0 Å². The van der Waals surface area contributed by atoms with Gasteiger partial charge in [0.1, 0.15) is 0 Å². The molecule has 0 bridgehead atoms. The summed E-state index contributed by atoms with van der Waals surface area (Å²) in [7, 11) is 0. The van der Waals surface area contributed by atoms with Gasteiger partial charge >= 0.3 is 0 Å². The molecule has 1 aliphatic rings. The molecule has 0 radical (unpaired) electrons. The molecule has 2 rings (SSSR count). The van der Waals surface area contributed by atoms with E-state index in [1.54, 1.807) is 0 Å². The van der Waals surface area contributed by atoms with E-state index in [4.69, 9.17) is 11.6 Å². The molecule has 1 aromatic rings. The molecule has 1 fully saturated rings. The fraction of sp³-hybridized carbons (Fsp3) is 0.538. The molecule has 0 heterocycles. The average molecular weight is 224 g/mol. The first-order valence-corrected chi connectivity index (χ1v) is 5.85. The molecule has 0 saturated heterocycles. The molecule has 1 aliphatic carbocycles. The van der Waals surface area contributed by atoms with Crippen molar-refractivity contribution in [3.8, 4) is 0 Å². The summed E-state index contributed by atoms with van der Waals surface area (Å²) in [5.41, 5.74) is 2.90. The highest BCUT2D eigenvalue weighted by atomic mass is 35.5. The van der Waals surface area contributed by atoms with E-state index in [2.05, 4.69) is 38.2 Å². The van der Waals surface area contributed by atoms with Crippen LogP contribution in [0.3, 0.4) is 0 Å². The zero-order chi connectivity index (χ0) is 11.1. The Labute approximate surface area is 96.8 Å². The molecule has 82 valence electrons. The van der Waals surface area contributed by atoms with Crippen molar-refractivity contribution in [2.45, 2.75) is 39.8 Å². The van der Waals surface area contributed by atoms with E-state index in [0.717, 1.165) is 11.6 Å². The molecule has 2 heteroatoms. The molecule has 0 aliphatic heterocycles. The fourth-order valence-electron chi connectivity index (χ4n) is 1.84. The molecule has 15 heavy (non-hydrogen) atoms. The number of halogens is 1. The van der Waals surface area contributed by atoms with Crippen molar-refractivity contribution in [1.29, 1.82) is 0 Å². The molecule has 1 saturated carbocycles. The molecule has 1 nitrogen and oxygen atoms in total. The maximum Gasteiger partial charge on any atom is 0.0453 e. The van der Waals surface area contributed by atoms with Gasteiger partial charge < -0.3 is 5.32 Å². The minimum Gasteiger partial charge on any atom is -0.309 e. The molecule has 1 unspecified atom stereocenters. The zero-order valence-electron chi connectivity index (χ0n) is 9.60. The predicted octanol–water partition coefficient (Wildman–Crippen LogP) is 3.54. The lowest BCUT2D eigenvalue weighted by molar-refractivity contribution is 0.542. The first kappa shape index (κ1) is 11.0. The second-order valence-electron chi connectivity index (χ2n) is 5.22. The summed E-state index contributed by atoms with van der Waals surface area (Å²) in [6, 6.07) is 6.91. The van der Waals surface area contributed by atoms with Crippen LogP contribution in [0.1, 0.15) is 31.4 Å². The second-order valence-corrected chi connectivity index (χ2v) is 5.63. The molecular formula is C13H18ClN. The van der Waals surface area contributed by atoms with Crippen LogP contribution in [-0.2, 0) is 6.54 Å². The van der Waals surface area contributed by atoms with Crippen molar-refractivity contribution in [3.05, 3.63) is 34.3 Å². The van der Waals surface area contributed by atoms with Crippen molar-refractivity contribution in [2.24, 2.45) is 5.41 Å². The standard InChI is InChI=1S/C13H18ClN/c1-9-4-5-10(11(14)6-9)8-15-12-7-13(12,2)3/h4-6,12,15H,7-8H2,1-3H3. The topological polar surface area (TPSA) is 12.0 Å². The van der Waals surface area contributed by atoms with Crippen LogP contribution in [0.2, 0.25) is 5.02 Å². The van der Waals surface area contributed by atoms with Gasteiger partial charge in [-0.15, -0.1) is 0 Å². The summed E-state index contributed by atoms with van der Waals surface area (Å²) in [5.74, 6) is 0. The Morgan fingerprint density at radius 2 is 2.13 bits per heavy atom. The van der Waals surface area contributed by atoms with E-state index >= 15 is 0 Å². The van der Waals surface area contributed by atoms with E-state index in [-0.39, 0.29) is 0 Å². The molecule has 1 N–H and O–H groups in total. The van der Waals surface area contributed by atoms with Gasteiger partial charge in [0.25, 0.3) is 0 Å². The Balaban J connectivity index is 1.94. The Hall–Kier alpha value is -0.530. The third-order valence-electron chi connectivity index (χ3n) is 3.26. The van der Waals surface area contributed by atoms with Gasteiger partial charge in [0.15, 0.2) is 0 Å². The van der Waals surface area contributed by atoms with Crippen molar-refractivity contribution in [2.75, 3.05) is 0 Å². The maximum atomic E-state index is 6.16. The van der Waals surface area contributed by atoms with Crippen molar-refractivity contribution < 1.29 is 0 Å². The number of hydrogen-bond acceptors (Lipinski definition) is 1. The molecule has 1 aromatic carbocycles. The van der Waals surface area contributed by atoms with Gasteiger partial charge in [0, 0.05) is 17.6 Å². The van der Waals surface area contributed by atoms with Gasteiger partial charge in [-0.25, -0.2) is 0 Å². The molecule has 0 aromatic heterocycles. The Kier molecular flexibility index (Phi) is 2.78. The Morgan fingerprint density at radius 1 is 1.47 bits per heavy atom. The van der Waals surface area contributed by atoms with Crippen molar-refractivity contribution in [3.63, 3.8) is 0 Å². The molecule has 0 amide bonds. The number of rotatable bonds is 3. The van der Waals surface area contributed by atoms with E-state index in [0.29, 0.717) is 11.5 Å². The SMILES string of the molecule is Cc1ccc(CNC2CC2(C)C)c(Cl)c1. The minimum absolute atomic E-state index is 0.483. The van der Waals surface area contributed by atoms with Gasteiger partial charge in [-0.05, 0) is 36.0 Å². The third-order valence-corrected chi connectivity index (χ3v) is 3.61. The maximum absolute atomic E-state index is 6.16. The number of nitrogens with one attached hydrogen (secondary N) is 1. The third kappa shape index (κ3) is 2.53. The van der Waals surface area contributed by atoms with Crippen molar-refractivity contribution >= 4 is 11.6 Å². The Bertz CT molecular complexity index is 371. The Morgan fingerprint density at radius 3 is 2.67 bits per heavy atom. The highest BCUT2D eigenvalue weighted by Gasteiger charge is 2.44.